The summed E-state index contributed by atoms with van der Waals surface area (Å²) in [5, 5.41) is 0. The Bertz CT molecular complexity index is 470. The van der Waals surface area contributed by atoms with E-state index in [0.717, 1.165) is 19.3 Å². The van der Waals surface area contributed by atoms with Crippen LogP contribution in [0.15, 0.2) is 24.3 Å². The third-order valence-electron chi connectivity index (χ3n) is 3.97. The molecular formula is C14H19F3N2O2. The summed E-state index contributed by atoms with van der Waals surface area (Å²) in [7, 11) is 1.65. The molecule has 0 aromatic heterocycles. The number of halogens is 3. The summed E-state index contributed by atoms with van der Waals surface area (Å²) >= 11 is 0. The van der Waals surface area contributed by atoms with Crippen molar-refractivity contribution in [1.29, 1.82) is 0 Å². The van der Waals surface area contributed by atoms with Gasteiger partial charge in [-0.25, -0.2) is 0 Å². The number of rotatable bonds is 6. The highest BCUT2D eigenvalue weighted by molar-refractivity contribution is 5.31. The topological polar surface area (TPSA) is 56.5 Å². The first-order valence-electron chi connectivity index (χ1n) is 6.74. The maximum absolute atomic E-state index is 12.3. The highest BCUT2D eigenvalue weighted by atomic mass is 19.4. The first kappa shape index (κ1) is 16.1. The van der Waals surface area contributed by atoms with E-state index in [1.54, 1.807) is 13.2 Å². The van der Waals surface area contributed by atoms with Crippen LogP contribution >= 0.6 is 0 Å². The highest BCUT2D eigenvalue weighted by Crippen LogP contribution is 2.42. The van der Waals surface area contributed by atoms with Gasteiger partial charge in [-0.2, -0.15) is 0 Å². The maximum atomic E-state index is 12.3. The zero-order valence-corrected chi connectivity index (χ0v) is 11.7. The zero-order chi connectivity index (χ0) is 15.5. The van der Waals surface area contributed by atoms with Gasteiger partial charge in [0.2, 0.25) is 0 Å². The van der Waals surface area contributed by atoms with Gasteiger partial charge < -0.3 is 9.47 Å². The van der Waals surface area contributed by atoms with E-state index in [-0.39, 0.29) is 17.4 Å². The minimum Gasteiger partial charge on any atom is -0.406 e. The van der Waals surface area contributed by atoms with Crippen LogP contribution in [-0.4, -0.2) is 19.1 Å². The maximum Gasteiger partial charge on any atom is 0.573 e. The summed E-state index contributed by atoms with van der Waals surface area (Å²) in [6.45, 7) is 0. The van der Waals surface area contributed by atoms with Crippen molar-refractivity contribution >= 4 is 0 Å². The van der Waals surface area contributed by atoms with Gasteiger partial charge in [-0.15, -0.1) is 13.2 Å². The van der Waals surface area contributed by atoms with Crippen molar-refractivity contribution in [2.45, 2.75) is 43.7 Å². The number of nitrogens with one attached hydrogen (secondary N) is 1. The fourth-order valence-corrected chi connectivity index (χ4v) is 2.64. The standard InChI is InChI=1S/C14H19F3N2O2/c1-20-13(6-3-7-13)9-12(19-18)10-4-2-5-11(8-10)21-14(15,16)17/h2,4-5,8,12,19H,3,6-7,9,18H2,1H3. The van der Waals surface area contributed by atoms with E-state index >= 15 is 0 Å². The second-order valence-electron chi connectivity index (χ2n) is 5.28. The van der Waals surface area contributed by atoms with Crippen molar-refractivity contribution in [3.05, 3.63) is 29.8 Å². The van der Waals surface area contributed by atoms with E-state index < -0.39 is 6.36 Å². The van der Waals surface area contributed by atoms with Gasteiger partial charge in [-0.05, 0) is 43.4 Å². The molecule has 0 heterocycles. The minimum atomic E-state index is -4.70. The summed E-state index contributed by atoms with van der Waals surface area (Å²) in [6, 6.07) is 5.55. The number of methoxy groups -OCH3 is 1. The molecule has 1 atom stereocenters. The Labute approximate surface area is 121 Å². The average Bonchev–Trinajstić information content (AvgIpc) is 2.37. The molecule has 2 rings (SSSR count). The van der Waals surface area contributed by atoms with E-state index in [1.165, 1.54) is 18.2 Å². The lowest BCUT2D eigenvalue weighted by Gasteiger charge is -2.42. The summed E-state index contributed by atoms with van der Waals surface area (Å²) < 4.78 is 46.3. The van der Waals surface area contributed by atoms with E-state index in [4.69, 9.17) is 10.6 Å². The smallest absolute Gasteiger partial charge is 0.406 e. The number of hydrogen-bond acceptors (Lipinski definition) is 4. The quantitative estimate of drug-likeness (QED) is 0.626. The molecule has 0 bridgehead atoms. The molecule has 0 saturated heterocycles. The van der Waals surface area contributed by atoms with Gasteiger partial charge in [-0.3, -0.25) is 11.3 Å². The average molecular weight is 304 g/mol. The lowest BCUT2D eigenvalue weighted by atomic mass is 9.75. The van der Waals surface area contributed by atoms with E-state index in [2.05, 4.69) is 10.2 Å². The molecular weight excluding hydrogens is 285 g/mol. The molecule has 1 aliphatic rings. The number of ether oxygens (including phenoxy) is 2. The molecule has 3 N–H and O–H groups in total. The van der Waals surface area contributed by atoms with Crippen LogP contribution in [-0.2, 0) is 4.74 Å². The zero-order valence-electron chi connectivity index (χ0n) is 11.7. The SMILES string of the molecule is COC1(CC(NN)c2cccc(OC(F)(F)F)c2)CCC1. The van der Waals surface area contributed by atoms with Gasteiger partial charge in [0.15, 0.2) is 0 Å². The van der Waals surface area contributed by atoms with Crippen LogP contribution in [0.25, 0.3) is 0 Å². The predicted molar refractivity (Wildman–Crippen MR) is 71.4 cm³/mol. The van der Waals surface area contributed by atoms with E-state index in [1.807, 2.05) is 0 Å². The summed E-state index contributed by atoms with van der Waals surface area (Å²) in [6.07, 6.45) is -1.15. The van der Waals surface area contributed by atoms with Crippen molar-refractivity contribution in [3.8, 4) is 5.75 Å². The molecule has 4 nitrogen and oxygen atoms in total. The molecule has 1 saturated carbocycles. The third kappa shape index (κ3) is 4.09. The van der Waals surface area contributed by atoms with Crippen LogP contribution in [0.1, 0.15) is 37.3 Å². The number of hydrazine groups is 1. The van der Waals surface area contributed by atoms with Crippen molar-refractivity contribution < 1.29 is 22.6 Å². The van der Waals surface area contributed by atoms with Crippen molar-refractivity contribution in [1.82, 2.24) is 5.43 Å². The normalized spacial score (nSPS) is 18.9. The first-order valence-corrected chi connectivity index (χ1v) is 6.74. The second-order valence-corrected chi connectivity index (χ2v) is 5.28. The molecule has 21 heavy (non-hydrogen) atoms. The summed E-state index contributed by atoms with van der Waals surface area (Å²) in [4.78, 5) is 0. The summed E-state index contributed by atoms with van der Waals surface area (Å²) in [5.41, 5.74) is 3.05. The number of nitrogens with two attached hydrogens (primary N) is 1. The van der Waals surface area contributed by atoms with Crippen molar-refractivity contribution in [2.24, 2.45) is 5.84 Å². The number of hydrogen-bond donors (Lipinski definition) is 2. The molecule has 1 aromatic rings. The van der Waals surface area contributed by atoms with Crippen LogP contribution < -0.4 is 16.0 Å². The lowest BCUT2D eigenvalue weighted by molar-refractivity contribution is -0.274. The second kappa shape index (κ2) is 6.21. The number of alkyl halides is 3. The van der Waals surface area contributed by atoms with Gasteiger partial charge in [-0.1, -0.05) is 12.1 Å². The molecule has 1 aromatic carbocycles. The van der Waals surface area contributed by atoms with Gasteiger partial charge in [0.05, 0.1) is 5.60 Å². The van der Waals surface area contributed by atoms with Crippen LogP contribution in [0.5, 0.6) is 5.75 Å². The van der Waals surface area contributed by atoms with Gasteiger partial charge in [0, 0.05) is 13.2 Å². The Hall–Kier alpha value is -1.31. The fraction of sp³-hybridized carbons (Fsp3) is 0.571. The molecule has 7 heteroatoms. The first-order chi connectivity index (χ1) is 9.87. The van der Waals surface area contributed by atoms with Gasteiger partial charge in [0.1, 0.15) is 5.75 Å². The molecule has 1 unspecified atom stereocenters. The third-order valence-corrected chi connectivity index (χ3v) is 3.97. The molecule has 118 valence electrons. The van der Waals surface area contributed by atoms with Crippen LogP contribution in [0.4, 0.5) is 13.2 Å². The van der Waals surface area contributed by atoms with E-state index in [9.17, 15) is 13.2 Å². The Kier molecular flexibility index (Phi) is 4.75. The fourth-order valence-electron chi connectivity index (χ4n) is 2.64. The minimum absolute atomic E-state index is 0.238. The highest BCUT2D eigenvalue weighted by Gasteiger charge is 2.39. The van der Waals surface area contributed by atoms with Gasteiger partial charge >= 0.3 is 6.36 Å². The van der Waals surface area contributed by atoms with Crippen molar-refractivity contribution in [2.75, 3.05) is 7.11 Å². The van der Waals surface area contributed by atoms with Crippen LogP contribution in [0, 0.1) is 0 Å². The molecule has 0 spiro atoms. The molecule has 0 amide bonds. The molecule has 0 aliphatic heterocycles. The summed E-state index contributed by atoms with van der Waals surface area (Å²) in [5.74, 6) is 5.30. The monoisotopic (exact) mass is 304 g/mol. The van der Waals surface area contributed by atoms with Crippen LogP contribution in [0.3, 0.4) is 0 Å². The molecule has 1 fully saturated rings. The van der Waals surface area contributed by atoms with Gasteiger partial charge in [0.25, 0.3) is 0 Å². The van der Waals surface area contributed by atoms with Crippen LogP contribution in [0.2, 0.25) is 0 Å². The van der Waals surface area contributed by atoms with Crippen molar-refractivity contribution in [3.63, 3.8) is 0 Å². The lowest BCUT2D eigenvalue weighted by Crippen LogP contribution is -2.44. The van der Waals surface area contributed by atoms with E-state index in [0.29, 0.717) is 12.0 Å². The Morgan fingerprint density at radius 1 is 1.38 bits per heavy atom. The predicted octanol–water partition coefficient (Wildman–Crippen LogP) is 3.05. The Balaban J connectivity index is 2.12. The molecule has 1 aliphatic carbocycles. The number of benzene rings is 1. The Morgan fingerprint density at radius 2 is 2.10 bits per heavy atom. The largest absolute Gasteiger partial charge is 0.573 e. The molecule has 0 radical (unpaired) electrons. The Morgan fingerprint density at radius 3 is 2.57 bits per heavy atom.